The predicted molar refractivity (Wildman–Crippen MR) is 80.7 cm³/mol. The van der Waals surface area contributed by atoms with Crippen molar-refractivity contribution in [3.8, 4) is 0 Å². The van der Waals surface area contributed by atoms with Crippen LogP contribution in [0.4, 0.5) is 14.9 Å². The topological polar surface area (TPSA) is 87.7 Å². The Labute approximate surface area is 128 Å². The molecule has 22 heavy (non-hydrogen) atoms. The lowest BCUT2D eigenvalue weighted by atomic mass is 10.1. The lowest BCUT2D eigenvalue weighted by Crippen LogP contribution is -2.33. The molecule has 0 aliphatic carbocycles. The van der Waals surface area contributed by atoms with Crippen LogP contribution in [0.3, 0.4) is 0 Å². The Hall–Kier alpha value is -2.31. The number of carbonyl (C=O) groups excluding carboxylic acids is 1. The van der Waals surface area contributed by atoms with Crippen LogP contribution < -0.4 is 10.6 Å². The number of anilines is 1. The lowest BCUT2D eigenvalue weighted by molar-refractivity contribution is 0.0527. The van der Waals surface area contributed by atoms with Crippen LogP contribution in [-0.4, -0.2) is 35.9 Å². The first-order valence-electron chi connectivity index (χ1n) is 6.93. The zero-order chi connectivity index (χ0) is 16.8. The van der Waals surface area contributed by atoms with Gasteiger partial charge < -0.3 is 20.5 Å². The number of aromatic carboxylic acids is 1. The third kappa shape index (κ3) is 5.99. The number of halogens is 1. The molecule has 0 aliphatic heterocycles. The Bertz CT molecular complexity index is 541. The third-order valence-corrected chi connectivity index (χ3v) is 2.57. The van der Waals surface area contributed by atoms with Crippen molar-refractivity contribution in [3.63, 3.8) is 0 Å². The van der Waals surface area contributed by atoms with Gasteiger partial charge >= 0.3 is 12.1 Å². The monoisotopic (exact) mass is 312 g/mol. The van der Waals surface area contributed by atoms with Crippen LogP contribution in [0.1, 0.15) is 37.6 Å². The number of para-hydroxylation sites is 1. The van der Waals surface area contributed by atoms with Gasteiger partial charge in [-0.3, -0.25) is 0 Å². The minimum Gasteiger partial charge on any atom is -0.478 e. The van der Waals surface area contributed by atoms with E-state index in [1.807, 2.05) is 0 Å². The molecule has 0 atom stereocenters. The molecule has 0 bridgehead atoms. The van der Waals surface area contributed by atoms with Crippen molar-refractivity contribution in [2.75, 3.05) is 18.4 Å². The van der Waals surface area contributed by atoms with Crippen molar-refractivity contribution in [1.29, 1.82) is 0 Å². The predicted octanol–water partition coefficient (Wildman–Crippen LogP) is 2.85. The summed E-state index contributed by atoms with van der Waals surface area (Å²) in [6.45, 7) is 5.94. The maximum absolute atomic E-state index is 13.6. The molecule has 122 valence electrons. The standard InChI is InChI=1S/C15H21FN2O4/c1-15(2,3)22-14(21)18-9-5-8-17-12-10(13(19)20)6-4-7-11(12)16/h4,6-7,17H,5,8-9H2,1-3H3,(H,18,21)(H,19,20). The van der Waals surface area contributed by atoms with Crippen LogP contribution in [0.15, 0.2) is 18.2 Å². The molecule has 0 fully saturated rings. The number of hydrogen-bond acceptors (Lipinski definition) is 4. The summed E-state index contributed by atoms with van der Waals surface area (Å²) in [5.74, 6) is -1.83. The first kappa shape index (κ1) is 17.7. The molecule has 0 aromatic heterocycles. The highest BCUT2D eigenvalue weighted by Gasteiger charge is 2.16. The van der Waals surface area contributed by atoms with Crippen LogP contribution in [0.5, 0.6) is 0 Å². The van der Waals surface area contributed by atoms with Crippen LogP contribution in [0.2, 0.25) is 0 Å². The summed E-state index contributed by atoms with van der Waals surface area (Å²) in [6, 6.07) is 3.86. The van der Waals surface area contributed by atoms with Gasteiger partial charge in [-0.1, -0.05) is 6.07 Å². The van der Waals surface area contributed by atoms with E-state index in [-0.39, 0.29) is 11.3 Å². The fraction of sp³-hybridized carbons (Fsp3) is 0.467. The van der Waals surface area contributed by atoms with Gasteiger partial charge in [0.05, 0.1) is 11.3 Å². The Balaban J connectivity index is 2.40. The Kier molecular flexibility index (Phi) is 6.15. The molecular formula is C15H21FN2O4. The molecule has 1 aromatic carbocycles. The molecule has 0 radical (unpaired) electrons. The highest BCUT2D eigenvalue weighted by molar-refractivity contribution is 5.94. The van der Waals surface area contributed by atoms with Gasteiger partial charge in [0, 0.05) is 13.1 Å². The van der Waals surface area contributed by atoms with Crippen LogP contribution in [0, 0.1) is 5.82 Å². The van der Waals surface area contributed by atoms with Crippen molar-refractivity contribution in [3.05, 3.63) is 29.6 Å². The zero-order valence-corrected chi connectivity index (χ0v) is 12.9. The zero-order valence-electron chi connectivity index (χ0n) is 12.9. The Morgan fingerprint density at radius 3 is 2.55 bits per heavy atom. The van der Waals surface area contributed by atoms with Gasteiger partial charge in [-0.25, -0.2) is 14.0 Å². The maximum atomic E-state index is 13.6. The Morgan fingerprint density at radius 1 is 1.27 bits per heavy atom. The summed E-state index contributed by atoms with van der Waals surface area (Å²) in [5.41, 5.74) is -0.737. The van der Waals surface area contributed by atoms with Crippen LogP contribution >= 0.6 is 0 Å². The fourth-order valence-electron chi connectivity index (χ4n) is 1.69. The van der Waals surface area contributed by atoms with E-state index in [0.29, 0.717) is 19.5 Å². The molecule has 6 nitrogen and oxygen atoms in total. The number of nitrogens with one attached hydrogen (secondary N) is 2. The average Bonchev–Trinajstić information content (AvgIpc) is 2.37. The van der Waals surface area contributed by atoms with Crippen molar-refractivity contribution < 1.29 is 23.8 Å². The second-order valence-corrected chi connectivity index (χ2v) is 5.68. The van der Waals surface area contributed by atoms with E-state index in [1.54, 1.807) is 20.8 Å². The van der Waals surface area contributed by atoms with Gasteiger partial charge in [-0.15, -0.1) is 0 Å². The first-order chi connectivity index (χ1) is 10.2. The second-order valence-electron chi connectivity index (χ2n) is 5.68. The van der Waals surface area contributed by atoms with Gasteiger partial charge in [0.1, 0.15) is 11.4 Å². The number of ether oxygens (including phenoxy) is 1. The number of rotatable bonds is 6. The largest absolute Gasteiger partial charge is 0.478 e. The van der Waals surface area contributed by atoms with Crippen molar-refractivity contribution in [1.82, 2.24) is 5.32 Å². The van der Waals surface area contributed by atoms with Crippen molar-refractivity contribution in [2.45, 2.75) is 32.8 Å². The van der Waals surface area contributed by atoms with Gasteiger partial charge in [0.15, 0.2) is 0 Å². The normalized spacial score (nSPS) is 10.9. The molecule has 1 amide bonds. The van der Waals surface area contributed by atoms with E-state index in [9.17, 15) is 14.0 Å². The first-order valence-corrected chi connectivity index (χ1v) is 6.93. The smallest absolute Gasteiger partial charge is 0.407 e. The van der Waals surface area contributed by atoms with E-state index in [4.69, 9.17) is 9.84 Å². The number of alkyl carbamates (subject to hydrolysis) is 1. The van der Waals surface area contributed by atoms with E-state index < -0.39 is 23.5 Å². The lowest BCUT2D eigenvalue weighted by Gasteiger charge is -2.19. The fourth-order valence-corrected chi connectivity index (χ4v) is 1.69. The van der Waals surface area contributed by atoms with Crippen LogP contribution in [0.25, 0.3) is 0 Å². The van der Waals surface area contributed by atoms with Crippen molar-refractivity contribution in [2.24, 2.45) is 0 Å². The summed E-state index contributed by atoms with van der Waals surface area (Å²) in [5, 5.41) is 14.3. The molecule has 1 aromatic rings. The maximum Gasteiger partial charge on any atom is 0.407 e. The van der Waals surface area contributed by atoms with Crippen LogP contribution in [-0.2, 0) is 4.74 Å². The van der Waals surface area contributed by atoms with Gasteiger partial charge in [-0.2, -0.15) is 0 Å². The molecule has 0 unspecified atom stereocenters. The Morgan fingerprint density at radius 2 is 1.95 bits per heavy atom. The van der Waals surface area contributed by atoms with E-state index >= 15 is 0 Å². The number of hydrogen-bond donors (Lipinski definition) is 3. The molecule has 7 heteroatoms. The highest BCUT2D eigenvalue weighted by atomic mass is 19.1. The molecule has 0 heterocycles. The number of carboxylic acid groups (broad SMARTS) is 1. The van der Waals surface area contributed by atoms with Gasteiger partial charge in [0.2, 0.25) is 0 Å². The number of benzene rings is 1. The van der Waals surface area contributed by atoms with Gasteiger partial charge in [-0.05, 0) is 39.3 Å². The summed E-state index contributed by atoms with van der Waals surface area (Å²) in [4.78, 5) is 22.4. The minimum absolute atomic E-state index is 0.0488. The minimum atomic E-state index is -1.20. The highest BCUT2D eigenvalue weighted by Crippen LogP contribution is 2.19. The average molecular weight is 312 g/mol. The second kappa shape index (κ2) is 7.63. The quantitative estimate of drug-likeness (QED) is 0.703. The van der Waals surface area contributed by atoms with E-state index in [2.05, 4.69) is 10.6 Å². The van der Waals surface area contributed by atoms with Gasteiger partial charge in [0.25, 0.3) is 0 Å². The third-order valence-electron chi connectivity index (χ3n) is 2.57. The van der Waals surface area contributed by atoms with Crippen molar-refractivity contribution >= 4 is 17.7 Å². The molecular weight excluding hydrogens is 291 g/mol. The molecule has 3 N–H and O–H groups in total. The van der Waals surface area contributed by atoms with E-state index in [1.165, 1.54) is 18.2 Å². The molecule has 0 spiro atoms. The number of carboxylic acids is 1. The molecule has 0 aliphatic rings. The summed E-state index contributed by atoms with van der Waals surface area (Å²) < 4.78 is 18.7. The van der Waals surface area contributed by atoms with E-state index in [0.717, 1.165) is 0 Å². The summed E-state index contributed by atoms with van der Waals surface area (Å²) >= 11 is 0. The summed E-state index contributed by atoms with van der Waals surface area (Å²) in [6.07, 6.45) is -0.0308. The summed E-state index contributed by atoms with van der Waals surface area (Å²) in [7, 11) is 0. The molecule has 0 saturated heterocycles. The number of amides is 1. The SMILES string of the molecule is CC(C)(C)OC(=O)NCCCNc1c(F)cccc1C(=O)O. The molecule has 1 rings (SSSR count). The molecule has 0 saturated carbocycles. The number of carbonyl (C=O) groups is 2.